The van der Waals surface area contributed by atoms with E-state index in [0.29, 0.717) is 16.9 Å². The predicted octanol–water partition coefficient (Wildman–Crippen LogP) is 1.93. The van der Waals surface area contributed by atoms with Crippen LogP contribution >= 0.6 is 0 Å². The number of nitrogens with two attached hydrogens (primary N) is 1. The Morgan fingerprint density at radius 1 is 1.34 bits per heavy atom. The first-order valence-corrected chi connectivity index (χ1v) is 10.1. The molecule has 0 aliphatic carbocycles. The Morgan fingerprint density at radius 3 is 2.83 bits per heavy atom. The van der Waals surface area contributed by atoms with E-state index in [9.17, 15) is 15.0 Å². The van der Waals surface area contributed by atoms with E-state index >= 15 is 0 Å². The van der Waals surface area contributed by atoms with Gasteiger partial charge in [0.15, 0.2) is 12.3 Å². The molecule has 2 aromatic rings. The number of anilines is 1. The summed E-state index contributed by atoms with van der Waals surface area (Å²) in [4.78, 5) is 20.5. The maximum absolute atomic E-state index is 12.3. The van der Waals surface area contributed by atoms with Crippen molar-refractivity contribution >= 4 is 22.8 Å². The van der Waals surface area contributed by atoms with Gasteiger partial charge in [-0.3, -0.25) is 4.79 Å². The fourth-order valence-electron chi connectivity index (χ4n) is 3.83. The van der Waals surface area contributed by atoms with Crippen molar-refractivity contribution in [2.24, 2.45) is 0 Å². The fourth-order valence-corrected chi connectivity index (χ4v) is 3.83. The lowest BCUT2D eigenvalue weighted by molar-refractivity contribution is -0.164. The number of rotatable bonds is 9. The van der Waals surface area contributed by atoms with Crippen molar-refractivity contribution in [1.82, 2.24) is 14.5 Å². The summed E-state index contributed by atoms with van der Waals surface area (Å²) in [6, 6.07) is 1.73. The third-order valence-corrected chi connectivity index (χ3v) is 5.43. The lowest BCUT2D eigenvalue weighted by atomic mass is 9.96. The van der Waals surface area contributed by atoms with Gasteiger partial charge in [-0.1, -0.05) is 32.6 Å². The van der Waals surface area contributed by atoms with Crippen LogP contribution in [0.3, 0.4) is 0 Å². The van der Waals surface area contributed by atoms with E-state index in [-0.39, 0.29) is 6.42 Å². The van der Waals surface area contributed by atoms with Crippen LogP contribution in [0.5, 0.6) is 0 Å². The molecule has 1 saturated heterocycles. The van der Waals surface area contributed by atoms with Gasteiger partial charge in [0.1, 0.15) is 29.5 Å². The summed E-state index contributed by atoms with van der Waals surface area (Å²) >= 11 is 0. The molecule has 2 aromatic heterocycles. The second kappa shape index (κ2) is 9.06. The standard InChI is InChI=1S/C20H30N4O5/c1-3-4-5-6-7-8-15(26)29-16-14(11-25)28-19(20(16,2)27)24-10-9-13-17(21)22-12-23-18(13)24/h9-10,12,14,16,19,25,27H,3-8,11H2,1-2H3,(H2,21,22,23)/t14-,16-,19?,20-/m1/s1. The van der Waals surface area contributed by atoms with Crippen LogP contribution in [-0.2, 0) is 14.3 Å². The lowest BCUT2D eigenvalue weighted by Crippen LogP contribution is -2.47. The van der Waals surface area contributed by atoms with E-state index in [1.165, 1.54) is 13.3 Å². The zero-order chi connectivity index (χ0) is 21.0. The van der Waals surface area contributed by atoms with Crippen LogP contribution in [0.4, 0.5) is 5.82 Å². The minimum Gasteiger partial charge on any atom is -0.456 e. The van der Waals surface area contributed by atoms with Gasteiger partial charge in [-0.25, -0.2) is 9.97 Å². The van der Waals surface area contributed by atoms with Gasteiger partial charge in [0.2, 0.25) is 0 Å². The second-order valence-corrected chi connectivity index (χ2v) is 7.73. The van der Waals surface area contributed by atoms with Crippen molar-refractivity contribution in [2.75, 3.05) is 12.3 Å². The molecule has 0 aromatic carbocycles. The molecule has 0 saturated carbocycles. The number of nitrogens with zero attached hydrogens (tertiary/aromatic N) is 3. The van der Waals surface area contributed by atoms with E-state index in [1.54, 1.807) is 16.8 Å². The Bertz CT molecular complexity index is 837. The fraction of sp³-hybridized carbons (Fsp3) is 0.650. The Hall–Kier alpha value is -2.23. The molecular weight excluding hydrogens is 376 g/mol. The number of aliphatic hydroxyl groups is 2. The van der Waals surface area contributed by atoms with E-state index in [1.807, 2.05) is 0 Å². The Kier molecular flexibility index (Phi) is 6.71. The number of hydrogen-bond acceptors (Lipinski definition) is 8. The SMILES string of the molecule is CCCCCCCC(=O)O[C@@H]1[C@@H](CO)OC(n2ccc3c(N)ncnc32)[C@]1(C)O. The molecule has 0 spiro atoms. The van der Waals surface area contributed by atoms with Crippen molar-refractivity contribution in [1.29, 1.82) is 0 Å². The third kappa shape index (κ3) is 4.36. The highest BCUT2D eigenvalue weighted by molar-refractivity contribution is 5.86. The summed E-state index contributed by atoms with van der Waals surface area (Å²) < 4.78 is 13.0. The molecule has 160 valence electrons. The topological polar surface area (TPSA) is 133 Å². The molecule has 4 atom stereocenters. The minimum absolute atomic E-state index is 0.273. The first-order valence-electron chi connectivity index (χ1n) is 10.1. The zero-order valence-electron chi connectivity index (χ0n) is 17.0. The molecule has 1 aliphatic heterocycles. The summed E-state index contributed by atoms with van der Waals surface area (Å²) in [6.07, 6.45) is 5.59. The average Bonchev–Trinajstić information content (AvgIpc) is 3.21. The van der Waals surface area contributed by atoms with Gasteiger partial charge < -0.3 is 30.0 Å². The van der Waals surface area contributed by atoms with E-state index in [2.05, 4.69) is 16.9 Å². The number of fused-ring (bicyclic) bond motifs is 1. The van der Waals surface area contributed by atoms with Crippen molar-refractivity contribution in [3.05, 3.63) is 18.6 Å². The Balaban J connectivity index is 1.74. The number of esters is 1. The minimum atomic E-state index is -1.57. The van der Waals surface area contributed by atoms with Crippen molar-refractivity contribution in [2.45, 2.75) is 76.4 Å². The van der Waals surface area contributed by atoms with E-state index < -0.39 is 36.6 Å². The summed E-state index contributed by atoms with van der Waals surface area (Å²) in [7, 11) is 0. The van der Waals surface area contributed by atoms with Crippen LogP contribution < -0.4 is 5.73 Å². The molecule has 0 amide bonds. The molecule has 9 nitrogen and oxygen atoms in total. The number of unbranched alkanes of at least 4 members (excludes halogenated alkanes) is 4. The Morgan fingerprint density at radius 2 is 2.10 bits per heavy atom. The second-order valence-electron chi connectivity index (χ2n) is 7.73. The van der Waals surface area contributed by atoms with Crippen LogP contribution in [0.15, 0.2) is 18.6 Å². The molecule has 0 radical (unpaired) electrons. The van der Waals surface area contributed by atoms with Gasteiger partial charge in [-0.15, -0.1) is 0 Å². The van der Waals surface area contributed by atoms with E-state index in [0.717, 1.165) is 32.1 Å². The molecule has 3 rings (SSSR count). The first-order chi connectivity index (χ1) is 13.9. The van der Waals surface area contributed by atoms with Gasteiger partial charge in [0, 0.05) is 12.6 Å². The molecular formula is C20H30N4O5. The molecule has 3 heterocycles. The van der Waals surface area contributed by atoms with Gasteiger partial charge >= 0.3 is 5.97 Å². The predicted molar refractivity (Wildman–Crippen MR) is 107 cm³/mol. The summed E-state index contributed by atoms with van der Waals surface area (Å²) in [6.45, 7) is 3.27. The van der Waals surface area contributed by atoms with Crippen LogP contribution in [-0.4, -0.2) is 55.1 Å². The number of aromatic nitrogens is 3. The van der Waals surface area contributed by atoms with Crippen LogP contribution in [0.2, 0.25) is 0 Å². The molecule has 29 heavy (non-hydrogen) atoms. The number of aliphatic hydroxyl groups excluding tert-OH is 1. The van der Waals surface area contributed by atoms with Crippen LogP contribution in [0, 0.1) is 0 Å². The Labute approximate surface area is 169 Å². The maximum Gasteiger partial charge on any atom is 0.306 e. The monoisotopic (exact) mass is 406 g/mol. The number of nitrogen functional groups attached to an aromatic ring is 1. The van der Waals surface area contributed by atoms with Crippen molar-refractivity contribution in [3.63, 3.8) is 0 Å². The van der Waals surface area contributed by atoms with Crippen LogP contribution in [0.25, 0.3) is 11.0 Å². The van der Waals surface area contributed by atoms with Gasteiger partial charge in [0.05, 0.1) is 12.0 Å². The quantitative estimate of drug-likeness (QED) is 0.425. The molecule has 4 N–H and O–H groups in total. The molecule has 1 unspecified atom stereocenters. The molecule has 9 heteroatoms. The first kappa shape index (κ1) is 21.5. The average molecular weight is 406 g/mol. The largest absolute Gasteiger partial charge is 0.456 e. The molecule has 0 bridgehead atoms. The highest BCUT2D eigenvalue weighted by atomic mass is 16.6. The number of carbonyl (C=O) groups excluding carboxylic acids is 1. The van der Waals surface area contributed by atoms with Crippen molar-refractivity contribution in [3.8, 4) is 0 Å². The normalized spacial score (nSPS) is 26.8. The van der Waals surface area contributed by atoms with Gasteiger partial charge in [-0.05, 0) is 19.4 Å². The summed E-state index contributed by atoms with van der Waals surface area (Å²) in [5.41, 5.74) is 4.80. The highest BCUT2D eigenvalue weighted by Gasteiger charge is 2.56. The smallest absolute Gasteiger partial charge is 0.306 e. The lowest BCUT2D eigenvalue weighted by Gasteiger charge is -2.30. The van der Waals surface area contributed by atoms with Gasteiger partial charge in [0.25, 0.3) is 0 Å². The number of hydrogen-bond donors (Lipinski definition) is 3. The van der Waals surface area contributed by atoms with Crippen LogP contribution in [0.1, 0.15) is 58.6 Å². The maximum atomic E-state index is 12.3. The van der Waals surface area contributed by atoms with Crippen molar-refractivity contribution < 1.29 is 24.5 Å². The number of carbonyl (C=O) groups is 1. The summed E-state index contributed by atoms with van der Waals surface area (Å²) in [5, 5.41) is 21.6. The zero-order valence-corrected chi connectivity index (χ0v) is 17.0. The number of ether oxygens (including phenoxy) is 2. The molecule has 1 aliphatic rings. The third-order valence-electron chi connectivity index (χ3n) is 5.43. The van der Waals surface area contributed by atoms with E-state index in [4.69, 9.17) is 15.2 Å². The highest BCUT2D eigenvalue weighted by Crippen LogP contribution is 2.41. The molecule has 1 fully saturated rings. The summed E-state index contributed by atoms with van der Waals surface area (Å²) in [5.74, 6) is -0.0884. The van der Waals surface area contributed by atoms with Gasteiger partial charge in [-0.2, -0.15) is 0 Å².